The second-order valence-corrected chi connectivity index (χ2v) is 5.86. The average molecular weight is 375 g/mol. The van der Waals surface area contributed by atoms with Crippen molar-refractivity contribution in [3.63, 3.8) is 0 Å². The van der Waals surface area contributed by atoms with E-state index in [1.807, 2.05) is 65.6 Å². The zero-order valence-electron chi connectivity index (χ0n) is 15.8. The third-order valence-corrected chi connectivity index (χ3v) is 4.10. The summed E-state index contributed by atoms with van der Waals surface area (Å²) < 4.78 is 15.9. The summed E-state index contributed by atoms with van der Waals surface area (Å²) >= 11 is 0. The monoisotopic (exact) mass is 375 g/mol. The lowest BCUT2D eigenvalue weighted by atomic mass is 10.1. The van der Waals surface area contributed by atoms with Gasteiger partial charge in [-0.3, -0.25) is 0 Å². The molecule has 0 saturated heterocycles. The SMILES string of the molecule is C=CC(=O)Oc1cccc(N(c2ccc(OC)cc2)c2cccc(OC)c2)c1. The summed E-state index contributed by atoms with van der Waals surface area (Å²) in [7, 11) is 3.26. The van der Waals surface area contributed by atoms with Gasteiger partial charge in [0, 0.05) is 35.3 Å². The molecule has 0 heterocycles. The third kappa shape index (κ3) is 4.32. The van der Waals surface area contributed by atoms with Gasteiger partial charge < -0.3 is 19.1 Å². The molecule has 3 aromatic carbocycles. The molecule has 0 N–H and O–H groups in total. The van der Waals surface area contributed by atoms with Crippen molar-refractivity contribution in [1.82, 2.24) is 0 Å². The minimum Gasteiger partial charge on any atom is -0.497 e. The van der Waals surface area contributed by atoms with Crippen LogP contribution in [0.25, 0.3) is 0 Å². The molecule has 0 fully saturated rings. The Morgan fingerprint density at radius 3 is 1.93 bits per heavy atom. The number of benzene rings is 3. The van der Waals surface area contributed by atoms with Crippen LogP contribution in [0.4, 0.5) is 17.1 Å². The Hall–Kier alpha value is -3.73. The summed E-state index contributed by atoms with van der Waals surface area (Å²) in [4.78, 5) is 13.6. The van der Waals surface area contributed by atoms with Crippen molar-refractivity contribution in [2.75, 3.05) is 19.1 Å². The normalized spacial score (nSPS) is 10.1. The van der Waals surface area contributed by atoms with E-state index in [0.29, 0.717) is 5.75 Å². The highest BCUT2D eigenvalue weighted by Crippen LogP contribution is 2.37. The van der Waals surface area contributed by atoms with Gasteiger partial charge in [0.15, 0.2) is 0 Å². The van der Waals surface area contributed by atoms with E-state index in [1.165, 1.54) is 0 Å². The van der Waals surface area contributed by atoms with Crippen LogP contribution in [0.15, 0.2) is 85.5 Å². The van der Waals surface area contributed by atoms with Crippen LogP contribution in [-0.4, -0.2) is 20.2 Å². The van der Waals surface area contributed by atoms with Crippen LogP contribution in [0.5, 0.6) is 17.2 Å². The molecule has 5 heteroatoms. The Bertz CT molecular complexity index is 966. The summed E-state index contributed by atoms with van der Waals surface area (Å²) in [5.74, 6) is 1.44. The fourth-order valence-electron chi connectivity index (χ4n) is 2.77. The van der Waals surface area contributed by atoms with Crippen molar-refractivity contribution in [1.29, 1.82) is 0 Å². The minimum atomic E-state index is -0.505. The fourth-order valence-corrected chi connectivity index (χ4v) is 2.77. The number of nitrogens with zero attached hydrogens (tertiary/aromatic N) is 1. The number of esters is 1. The first kappa shape index (κ1) is 19.0. The molecule has 142 valence electrons. The molecule has 3 rings (SSSR count). The van der Waals surface area contributed by atoms with Gasteiger partial charge in [0.2, 0.25) is 0 Å². The van der Waals surface area contributed by atoms with Crippen molar-refractivity contribution < 1.29 is 19.0 Å². The third-order valence-electron chi connectivity index (χ3n) is 4.10. The number of carbonyl (C=O) groups is 1. The van der Waals surface area contributed by atoms with E-state index in [4.69, 9.17) is 14.2 Å². The van der Waals surface area contributed by atoms with Gasteiger partial charge in [0.05, 0.1) is 14.2 Å². The van der Waals surface area contributed by atoms with Gasteiger partial charge in [0.25, 0.3) is 0 Å². The molecule has 0 atom stereocenters. The van der Waals surface area contributed by atoms with Gasteiger partial charge in [-0.15, -0.1) is 0 Å². The maximum atomic E-state index is 11.6. The first-order valence-corrected chi connectivity index (χ1v) is 8.67. The van der Waals surface area contributed by atoms with E-state index >= 15 is 0 Å². The van der Waals surface area contributed by atoms with Crippen LogP contribution in [0.1, 0.15) is 0 Å². The number of methoxy groups -OCH3 is 2. The smallest absolute Gasteiger partial charge is 0.335 e. The van der Waals surface area contributed by atoms with Gasteiger partial charge in [-0.25, -0.2) is 4.79 Å². The lowest BCUT2D eigenvalue weighted by molar-refractivity contribution is -0.128. The van der Waals surface area contributed by atoms with Crippen molar-refractivity contribution in [2.24, 2.45) is 0 Å². The first-order chi connectivity index (χ1) is 13.6. The summed E-state index contributed by atoms with van der Waals surface area (Å²) in [6.07, 6.45) is 1.13. The summed E-state index contributed by atoms with van der Waals surface area (Å²) in [5, 5.41) is 0. The number of ether oxygens (including phenoxy) is 3. The first-order valence-electron chi connectivity index (χ1n) is 8.67. The van der Waals surface area contributed by atoms with Gasteiger partial charge >= 0.3 is 5.97 Å². The number of carbonyl (C=O) groups excluding carboxylic acids is 1. The Balaban J connectivity index is 2.08. The standard InChI is InChI=1S/C23H21NO4/c1-4-23(25)28-22-10-6-8-19(16-22)24(17-11-13-20(26-2)14-12-17)18-7-5-9-21(15-18)27-3/h4-16H,1H2,2-3H3. The number of hydrogen-bond acceptors (Lipinski definition) is 5. The summed E-state index contributed by atoms with van der Waals surface area (Å²) in [6.45, 7) is 3.43. The molecule has 5 nitrogen and oxygen atoms in total. The topological polar surface area (TPSA) is 48.0 Å². The predicted molar refractivity (Wildman–Crippen MR) is 110 cm³/mol. The highest BCUT2D eigenvalue weighted by molar-refractivity contribution is 5.84. The van der Waals surface area contributed by atoms with Gasteiger partial charge in [0.1, 0.15) is 17.2 Å². The molecular weight excluding hydrogens is 354 g/mol. The molecule has 0 unspecified atom stereocenters. The van der Waals surface area contributed by atoms with Crippen LogP contribution in [-0.2, 0) is 4.79 Å². The maximum absolute atomic E-state index is 11.6. The molecule has 28 heavy (non-hydrogen) atoms. The lowest BCUT2D eigenvalue weighted by Gasteiger charge is -2.26. The molecule has 0 saturated carbocycles. The Kier molecular flexibility index (Phi) is 5.97. The number of rotatable bonds is 7. The van der Waals surface area contributed by atoms with Crippen LogP contribution in [0.2, 0.25) is 0 Å². The highest BCUT2D eigenvalue weighted by atomic mass is 16.5. The highest BCUT2D eigenvalue weighted by Gasteiger charge is 2.14. The Morgan fingerprint density at radius 1 is 0.786 bits per heavy atom. The van der Waals surface area contributed by atoms with E-state index < -0.39 is 5.97 Å². The van der Waals surface area contributed by atoms with Crippen LogP contribution in [0, 0.1) is 0 Å². The molecule has 0 aliphatic heterocycles. The van der Waals surface area contributed by atoms with E-state index in [-0.39, 0.29) is 0 Å². The zero-order valence-corrected chi connectivity index (χ0v) is 15.8. The van der Waals surface area contributed by atoms with Crippen LogP contribution < -0.4 is 19.1 Å². The predicted octanol–water partition coefficient (Wildman–Crippen LogP) is 5.27. The van der Waals surface area contributed by atoms with E-state index in [2.05, 4.69) is 6.58 Å². The van der Waals surface area contributed by atoms with Crippen LogP contribution in [0.3, 0.4) is 0 Å². The second-order valence-electron chi connectivity index (χ2n) is 5.86. The van der Waals surface area contributed by atoms with Crippen molar-refractivity contribution in [2.45, 2.75) is 0 Å². The molecule has 0 spiro atoms. The summed E-state index contributed by atoms with van der Waals surface area (Å²) in [5.41, 5.74) is 2.64. The zero-order chi connectivity index (χ0) is 19.9. The van der Waals surface area contributed by atoms with Gasteiger partial charge in [-0.2, -0.15) is 0 Å². The van der Waals surface area contributed by atoms with E-state index in [1.54, 1.807) is 26.4 Å². The Morgan fingerprint density at radius 2 is 1.36 bits per heavy atom. The molecule has 0 aliphatic rings. The quantitative estimate of drug-likeness (QED) is 0.320. The van der Waals surface area contributed by atoms with Crippen molar-refractivity contribution in [3.05, 3.63) is 85.5 Å². The fraction of sp³-hybridized carbons (Fsp3) is 0.0870. The van der Waals surface area contributed by atoms with E-state index in [0.717, 1.165) is 34.6 Å². The minimum absolute atomic E-state index is 0.434. The molecular formula is C23H21NO4. The average Bonchev–Trinajstić information content (AvgIpc) is 2.75. The van der Waals surface area contributed by atoms with Gasteiger partial charge in [-0.1, -0.05) is 18.7 Å². The largest absolute Gasteiger partial charge is 0.497 e. The molecule has 0 aliphatic carbocycles. The summed E-state index contributed by atoms with van der Waals surface area (Å²) in [6, 6.07) is 22.7. The molecule has 0 aromatic heterocycles. The maximum Gasteiger partial charge on any atom is 0.335 e. The lowest BCUT2D eigenvalue weighted by Crippen LogP contribution is -2.11. The van der Waals surface area contributed by atoms with E-state index in [9.17, 15) is 4.79 Å². The van der Waals surface area contributed by atoms with Gasteiger partial charge in [-0.05, 0) is 48.5 Å². The van der Waals surface area contributed by atoms with Crippen molar-refractivity contribution in [3.8, 4) is 17.2 Å². The number of anilines is 3. The molecule has 0 amide bonds. The van der Waals surface area contributed by atoms with Crippen LogP contribution >= 0.6 is 0 Å². The van der Waals surface area contributed by atoms with Crippen molar-refractivity contribution >= 4 is 23.0 Å². The molecule has 3 aromatic rings. The Labute approximate surface area is 164 Å². The molecule has 0 radical (unpaired) electrons. The second kappa shape index (κ2) is 8.77. The number of hydrogen-bond donors (Lipinski definition) is 0. The molecule has 0 bridgehead atoms.